The van der Waals surface area contributed by atoms with Gasteiger partial charge < -0.3 is 52.3 Å². The van der Waals surface area contributed by atoms with Crippen LogP contribution in [0.3, 0.4) is 0 Å². The van der Waals surface area contributed by atoms with Gasteiger partial charge in [0.15, 0.2) is 36.2 Å². The Morgan fingerprint density at radius 3 is 2.06 bits per heavy atom. The molecule has 4 heterocycles. The predicted molar refractivity (Wildman–Crippen MR) is 231 cm³/mol. The smallest absolute Gasteiger partial charge is 0.420 e. The van der Waals surface area contributed by atoms with Gasteiger partial charge in [-0.2, -0.15) is 0 Å². The third kappa shape index (κ3) is 12.2. The molecule has 3 aliphatic rings. The van der Waals surface area contributed by atoms with Crippen LogP contribution in [0.25, 0.3) is 0 Å². The minimum absolute atomic E-state index is 0.0849. The molecule has 4 rings (SSSR count). The van der Waals surface area contributed by atoms with E-state index in [0.29, 0.717) is 6.42 Å². The van der Waals surface area contributed by atoms with Crippen molar-refractivity contribution in [2.24, 2.45) is 17.8 Å². The SMILES string of the molecule is CC[C@H]1OC(=O)[C@H](C)[C@@H](O[C@H]2C[C@@](C)(OC)[C@@H](OC(C)=O)[C@H](C)O2)[C@H](C)[C@@H](O[C@@H]2O[C@H](C)C[C@H](N(C)C)[C@H]2OC(C)=O)[C@](C)(OC)C[C@@H](C)C(=O)/C(C)=C/[C@]1(C)OC(=O)n1ccnc1. The molecule has 0 aromatic carbocycles. The van der Waals surface area contributed by atoms with Crippen LogP contribution in [0.5, 0.6) is 0 Å². The van der Waals surface area contributed by atoms with Gasteiger partial charge in [0.05, 0.1) is 42.0 Å². The summed E-state index contributed by atoms with van der Waals surface area (Å²) in [6.07, 6.45) is -2.27. The van der Waals surface area contributed by atoms with Crippen molar-refractivity contribution < 1.29 is 71.3 Å². The molecule has 0 aliphatic carbocycles. The molecule has 2 fully saturated rings. The summed E-state index contributed by atoms with van der Waals surface area (Å²) < 4.78 is 64.5. The number of carbonyl (C=O) groups excluding carboxylic acids is 5. The van der Waals surface area contributed by atoms with E-state index in [-0.39, 0.29) is 42.8 Å². The van der Waals surface area contributed by atoms with Crippen molar-refractivity contribution in [3.8, 4) is 0 Å². The summed E-state index contributed by atoms with van der Waals surface area (Å²) in [5, 5.41) is 0. The normalized spacial score (nSPS) is 40.1. The Bertz CT molecular complexity index is 1810. The first-order chi connectivity index (χ1) is 29.8. The van der Waals surface area contributed by atoms with Crippen molar-refractivity contribution >= 4 is 29.8 Å². The zero-order chi connectivity index (χ0) is 48.1. The first-order valence-electron chi connectivity index (χ1n) is 22.2. The molecule has 0 unspecified atom stereocenters. The Morgan fingerprint density at radius 1 is 0.891 bits per heavy atom. The number of ether oxygens (including phenoxy) is 10. The zero-order valence-electron chi connectivity index (χ0n) is 40.6. The summed E-state index contributed by atoms with van der Waals surface area (Å²) in [7, 11) is 6.80. The molecular weight excluding hydrogens is 835 g/mol. The number of carbonyl (C=O) groups is 5. The van der Waals surface area contributed by atoms with Gasteiger partial charge in [-0.25, -0.2) is 14.3 Å². The Kier molecular flexibility index (Phi) is 17.9. The highest BCUT2D eigenvalue weighted by Crippen LogP contribution is 2.42. The quantitative estimate of drug-likeness (QED) is 0.201. The molecule has 18 nitrogen and oxygen atoms in total. The molecule has 1 aromatic heterocycles. The number of imidazole rings is 1. The predicted octanol–water partition coefficient (Wildman–Crippen LogP) is 5.42. The average Bonchev–Trinajstić information content (AvgIpc) is 3.77. The van der Waals surface area contributed by atoms with Crippen LogP contribution in [0.1, 0.15) is 109 Å². The van der Waals surface area contributed by atoms with Crippen LogP contribution in [-0.2, 0) is 66.5 Å². The number of nitrogens with zero attached hydrogens (tertiary/aromatic N) is 3. The maximum atomic E-state index is 14.8. The highest BCUT2D eigenvalue weighted by molar-refractivity contribution is 5.96. The first kappa shape index (κ1) is 52.8. The summed E-state index contributed by atoms with van der Waals surface area (Å²) in [6, 6.07) is -0.299. The lowest BCUT2D eigenvalue weighted by Crippen LogP contribution is -2.61. The van der Waals surface area contributed by atoms with Crippen LogP contribution in [0, 0.1) is 17.8 Å². The van der Waals surface area contributed by atoms with Crippen molar-refractivity contribution in [2.45, 2.75) is 187 Å². The molecule has 18 heteroatoms. The van der Waals surface area contributed by atoms with Gasteiger partial charge in [0.1, 0.15) is 18.0 Å². The first-order valence-corrected chi connectivity index (χ1v) is 22.2. The number of aromatic nitrogens is 2. The van der Waals surface area contributed by atoms with Gasteiger partial charge in [-0.15, -0.1) is 0 Å². The number of ketones is 1. The lowest BCUT2D eigenvalue weighted by molar-refractivity contribution is -0.320. The Morgan fingerprint density at radius 2 is 1.52 bits per heavy atom. The van der Waals surface area contributed by atoms with Gasteiger partial charge in [0.25, 0.3) is 0 Å². The fourth-order valence-corrected chi connectivity index (χ4v) is 9.64. The summed E-state index contributed by atoms with van der Waals surface area (Å²) in [5.74, 6) is -4.59. The third-order valence-corrected chi connectivity index (χ3v) is 13.1. The number of cyclic esters (lactones) is 1. The van der Waals surface area contributed by atoms with E-state index >= 15 is 0 Å². The van der Waals surface area contributed by atoms with Crippen molar-refractivity contribution in [3.63, 3.8) is 0 Å². The molecule has 0 spiro atoms. The monoisotopic (exact) mass is 908 g/mol. The minimum atomic E-state index is -1.63. The van der Waals surface area contributed by atoms with Crippen LogP contribution in [0.4, 0.5) is 4.79 Å². The van der Waals surface area contributed by atoms with E-state index in [1.165, 1.54) is 52.9 Å². The maximum absolute atomic E-state index is 14.8. The average molecular weight is 908 g/mol. The van der Waals surface area contributed by atoms with Gasteiger partial charge in [0, 0.05) is 58.7 Å². The van der Waals surface area contributed by atoms with Crippen molar-refractivity contribution in [1.82, 2.24) is 14.5 Å². The number of esters is 3. The van der Waals surface area contributed by atoms with Crippen molar-refractivity contribution in [3.05, 3.63) is 30.4 Å². The van der Waals surface area contributed by atoms with E-state index < -0.39 is 108 Å². The zero-order valence-corrected chi connectivity index (χ0v) is 40.6. The number of allylic oxidation sites excluding steroid dienone is 1. The second-order valence-corrected chi connectivity index (χ2v) is 18.7. The number of Topliss-reactive ketones (excluding diaryl/α,β-unsaturated/α-hetero) is 1. The molecule has 3 aliphatic heterocycles. The largest absolute Gasteiger partial charge is 0.457 e. The van der Waals surface area contributed by atoms with Crippen LogP contribution in [-0.4, -0.2) is 151 Å². The Hall–Kier alpha value is -3.78. The number of hydrogen-bond acceptors (Lipinski definition) is 17. The fraction of sp³-hybridized carbons (Fsp3) is 0.783. The molecule has 0 bridgehead atoms. The summed E-state index contributed by atoms with van der Waals surface area (Å²) in [6.45, 7) is 20.2. The molecule has 1 aromatic rings. The fourth-order valence-electron chi connectivity index (χ4n) is 9.64. The van der Waals surface area contributed by atoms with Crippen molar-refractivity contribution in [2.75, 3.05) is 28.3 Å². The highest BCUT2D eigenvalue weighted by atomic mass is 16.7. The van der Waals surface area contributed by atoms with E-state index in [9.17, 15) is 24.0 Å². The highest BCUT2D eigenvalue weighted by Gasteiger charge is 2.54. The minimum Gasteiger partial charge on any atom is -0.457 e. The van der Waals surface area contributed by atoms with Gasteiger partial charge in [0.2, 0.25) is 0 Å². The van der Waals surface area contributed by atoms with Gasteiger partial charge >= 0.3 is 24.0 Å². The van der Waals surface area contributed by atoms with Crippen LogP contribution in [0.2, 0.25) is 0 Å². The molecule has 0 N–H and O–H groups in total. The number of hydrogen-bond donors (Lipinski definition) is 0. The Labute approximate surface area is 378 Å². The van der Waals surface area contributed by atoms with E-state index in [0.717, 1.165) is 4.57 Å². The molecule has 0 radical (unpaired) electrons. The number of likely N-dealkylation sites (N-methyl/N-ethyl adjacent to an activating group) is 1. The van der Waals surface area contributed by atoms with E-state index in [4.69, 9.17) is 47.4 Å². The molecular formula is C46H73N3O15. The van der Waals surface area contributed by atoms with Gasteiger partial charge in [-0.1, -0.05) is 20.8 Å². The summed E-state index contributed by atoms with van der Waals surface area (Å²) >= 11 is 0. The van der Waals surface area contributed by atoms with Gasteiger partial charge in [-0.05, 0) is 93.5 Å². The van der Waals surface area contributed by atoms with E-state index in [1.807, 2.05) is 39.8 Å². The summed E-state index contributed by atoms with van der Waals surface area (Å²) in [4.78, 5) is 73.6. The van der Waals surface area contributed by atoms with Gasteiger partial charge in [-0.3, -0.25) is 19.2 Å². The molecule has 0 amide bonds. The molecule has 16 atom stereocenters. The van der Waals surface area contributed by atoms with Crippen molar-refractivity contribution in [1.29, 1.82) is 0 Å². The summed E-state index contributed by atoms with van der Waals surface area (Å²) in [5.41, 5.74) is -3.75. The topological polar surface area (TPSA) is 199 Å². The second kappa shape index (κ2) is 21.7. The van der Waals surface area contributed by atoms with Crippen LogP contribution < -0.4 is 0 Å². The van der Waals surface area contributed by atoms with E-state index in [1.54, 1.807) is 48.5 Å². The lowest BCUT2D eigenvalue weighted by atomic mass is 9.76. The van der Waals surface area contributed by atoms with Crippen LogP contribution >= 0.6 is 0 Å². The van der Waals surface area contributed by atoms with Crippen LogP contribution in [0.15, 0.2) is 30.4 Å². The Balaban J connectivity index is 1.93. The lowest BCUT2D eigenvalue weighted by Gasteiger charge is -2.50. The number of rotatable bonds is 11. The molecule has 64 heavy (non-hydrogen) atoms. The van der Waals surface area contributed by atoms with E-state index in [2.05, 4.69) is 4.98 Å². The molecule has 0 saturated carbocycles. The third-order valence-electron chi connectivity index (χ3n) is 13.1. The molecule has 2 saturated heterocycles. The maximum Gasteiger partial charge on any atom is 0.420 e. The second-order valence-electron chi connectivity index (χ2n) is 18.7. The molecule has 362 valence electrons. The number of methoxy groups -OCH3 is 2. The standard InChI is InChI=1S/C46H73N3O15/c1-17-34-44(10,64-43(54)49-19-18-47-24-49)21-25(2)36(52)26(3)22-45(11,55-15)39(63-42-38(59-31(8)50)33(48(13)14)20-27(4)57-42)28(5)37(29(6)41(53)61-34)62-35-23-46(12,56-16)40(30(7)58-35)60-32(9)51/h18-19,21,24,26-30,33-35,37-40,42H,17,20,22-23H2,1-16H3/b25-21+/t26-,27-,28+,29-,30+,33+,34-,35+,37+,38-,39-,40+,42+,44+,45-,46-/m1/s1.